The number of hydrogen-bond donors (Lipinski definition) is 3. The number of carbonyl (C=O) groups is 4. The van der Waals surface area contributed by atoms with Crippen LogP contribution in [0.4, 0.5) is 20.6 Å². The first kappa shape index (κ1) is 26.0. The fraction of sp³-hybridized carbons (Fsp3) is 0.333. The third kappa shape index (κ3) is 5.92. The van der Waals surface area contributed by atoms with E-state index in [-0.39, 0.29) is 30.6 Å². The van der Waals surface area contributed by atoms with Crippen LogP contribution in [0.1, 0.15) is 12.5 Å². The van der Waals surface area contributed by atoms with Crippen LogP contribution in [0.25, 0.3) is 11.1 Å². The highest BCUT2D eigenvalue weighted by molar-refractivity contribution is 6.88. The molecule has 1 aliphatic heterocycles. The third-order valence-corrected chi connectivity index (χ3v) is 7.49. The van der Waals surface area contributed by atoms with E-state index >= 15 is 4.39 Å². The molecule has 0 spiro atoms. The van der Waals surface area contributed by atoms with Gasteiger partial charge in [-0.05, 0) is 22.9 Å². The largest absolute Gasteiger partial charge is 0.380 e. The molecule has 0 saturated carbocycles. The Kier molecular flexibility index (Phi) is 7.71. The van der Waals surface area contributed by atoms with Gasteiger partial charge in [-0.15, -0.1) is 0 Å². The number of hydrogen-bond acceptors (Lipinski definition) is 5. The van der Waals surface area contributed by atoms with Crippen molar-refractivity contribution in [1.29, 1.82) is 0 Å². The van der Waals surface area contributed by atoms with Gasteiger partial charge in [0.25, 0.3) is 5.91 Å². The van der Waals surface area contributed by atoms with Crippen molar-refractivity contribution in [3.63, 3.8) is 0 Å². The van der Waals surface area contributed by atoms with Gasteiger partial charge < -0.3 is 20.7 Å². The number of urea groups is 1. The molecule has 1 heterocycles. The lowest BCUT2D eigenvalue weighted by Crippen LogP contribution is -2.39. The van der Waals surface area contributed by atoms with E-state index in [4.69, 9.17) is 4.74 Å². The second-order valence-corrected chi connectivity index (χ2v) is 14.3. The number of rotatable bonds is 8. The summed E-state index contributed by atoms with van der Waals surface area (Å²) in [5.41, 5.74) is 2.05. The van der Waals surface area contributed by atoms with Crippen LogP contribution in [0.5, 0.6) is 0 Å². The molecule has 0 aliphatic carbocycles. The Bertz CT molecular complexity index is 1180. The predicted molar refractivity (Wildman–Crippen MR) is 134 cm³/mol. The molecule has 1 aliphatic rings. The van der Waals surface area contributed by atoms with Crippen LogP contribution in [-0.2, 0) is 25.7 Å². The minimum Gasteiger partial charge on any atom is -0.380 e. The number of nitrogens with one attached hydrogen (secondary N) is 3. The summed E-state index contributed by atoms with van der Waals surface area (Å²) in [6, 6.07) is 7.55. The Labute approximate surface area is 204 Å². The average molecular weight is 501 g/mol. The van der Waals surface area contributed by atoms with Crippen molar-refractivity contribution < 1.29 is 28.3 Å². The summed E-state index contributed by atoms with van der Waals surface area (Å²) >= 11 is 0. The summed E-state index contributed by atoms with van der Waals surface area (Å²) in [5, 5.41) is 8.50. The lowest BCUT2D eigenvalue weighted by Gasteiger charge is -2.22. The zero-order valence-electron chi connectivity index (χ0n) is 20.4. The molecular weight excluding hydrogens is 471 g/mol. The quantitative estimate of drug-likeness (QED) is 0.381. The van der Waals surface area contributed by atoms with Crippen molar-refractivity contribution >= 4 is 48.4 Å². The van der Waals surface area contributed by atoms with Crippen LogP contribution in [0.2, 0.25) is 19.6 Å². The van der Waals surface area contributed by atoms with Gasteiger partial charge in [0, 0.05) is 25.2 Å². The van der Waals surface area contributed by atoms with E-state index < -0.39 is 32.5 Å². The standard InChI is InChI=1S/C24H29FN4O5Si/c1-14(30)27-18-8-6-16(13-34-2)23(28-20(31)12-29-21(32)11-26-24(29)33)22(18)15-7-9-19(17(25)10-15)35(3,4)5/h6-10H,11-13H2,1-5H3,(H,26,33)(H,27,30)(H,28,31). The molecule has 2 aromatic carbocycles. The first-order valence-corrected chi connectivity index (χ1v) is 14.5. The second kappa shape index (κ2) is 10.4. The topological polar surface area (TPSA) is 117 Å². The molecule has 0 bridgehead atoms. The summed E-state index contributed by atoms with van der Waals surface area (Å²) in [6.07, 6.45) is 0. The van der Waals surface area contributed by atoms with Gasteiger partial charge in [0.05, 0.1) is 32.6 Å². The van der Waals surface area contributed by atoms with E-state index in [1.807, 2.05) is 19.6 Å². The molecule has 1 saturated heterocycles. The number of benzene rings is 2. The molecule has 2 aromatic rings. The third-order valence-electron chi connectivity index (χ3n) is 5.47. The van der Waals surface area contributed by atoms with Crippen LogP contribution in [0.15, 0.2) is 30.3 Å². The molecule has 35 heavy (non-hydrogen) atoms. The minimum absolute atomic E-state index is 0.113. The molecule has 1 fully saturated rings. The van der Waals surface area contributed by atoms with E-state index in [2.05, 4.69) is 16.0 Å². The lowest BCUT2D eigenvalue weighted by molar-refractivity contribution is -0.128. The fourth-order valence-corrected chi connectivity index (χ4v) is 5.25. The first-order chi connectivity index (χ1) is 16.4. The van der Waals surface area contributed by atoms with Crippen LogP contribution in [0.3, 0.4) is 0 Å². The van der Waals surface area contributed by atoms with E-state index in [1.165, 1.54) is 20.1 Å². The highest BCUT2D eigenvalue weighted by Crippen LogP contribution is 2.39. The normalized spacial score (nSPS) is 13.6. The molecule has 3 N–H and O–H groups in total. The van der Waals surface area contributed by atoms with Crippen LogP contribution in [-0.4, -0.2) is 56.9 Å². The van der Waals surface area contributed by atoms with Gasteiger partial charge >= 0.3 is 6.03 Å². The van der Waals surface area contributed by atoms with E-state index in [0.29, 0.717) is 27.6 Å². The van der Waals surface area contributed by atoms with Crippen LogP contribution >= 0.6 is 0 Å². The molecule has 11 heteroatoms. The number of anilines is 2. The predicted octanol–water partition coefficient (Wildman–Crippen LogP) is 2.63. The van der Waals surface area contributed by atoms with Gasteiger partial charge in [-0.2, -0.15) is 0 Å². The second-order valence-electron chi connectivity index (χ2n) is 9.27. The molecule has 0 aromatic heterocycles. The minimum atomic E-state index is -1.95. The molecular formula is C24H29FN4O5Si. The average Bonchev–Trinajstić information content (AvgIpc) is 3.06. The molecule has 0 atom stereocenters. The van der Waals surface area contributed by atoms with Gasteiger partial charge in [-0.3, -0.25) is 19.3 Å². The molecule has 5 amide bonds. The maximum absolute atomic E-state index is 15.2. The zero-order valence-corrected chi connectivity index (χ0v) is 21.4. The lowest BCUT2D eigenvalue weighted by atomic mass is 9.97. The number of nitrogens with zero attached hydrogens (tertiary/aromatic N) is 1. The number of amides is 5. The van der Waals surface area contributed by atoms with Crippen molar-refractivity contribution in [2.75, 3.05) is 30.8 Å². The van der Waals surface area contributed by atoms with E-state index in [1.54, 1.807) is 24.3 Å². The Balaban J connectivity index is 2.12. The molecule has 9 nitrogen and oxygen atoms in total. The fourth-order valence-electron chi connectivity index (χ4n) is 3.87. The summed E-state index contributed by atoms with van der Waals surface area (Å²) in [7, 11) is -0.460. The van der Waals surface area contributed by atoms with Crippen molar-refractivity contribution in [2.45, 2.75) is 33.2 Å². The first-order valence-electron chi connectivity index (χ1n) is 11.0. The Morgan fingerprint density at radius 2 is 1.86 bits per heavy atom. The van der Waals surface area contributed by atoms with Crippen LogP contribution < -0.4 is 21.1 Å². The smallest absolute Gasteiger partial charge is 0.325 e. The Hall–Kier alpha value is -3.57. The Morgan fingerprint density at radius 1 is 1.14 bits per heavy atom. The van der Waals surface area contributed by atoms with Crippen LogP contribution in [0, 0.1) is 5.82 Å². The van der Waals surface area contributed by atoms with E-state index in [0.717, 1.165) is 4.90 Å². The number of carbonyl (C=O) groups excluding carboxylic acids is 4. The van der Waals surface area contributed by atoms with E-state index in [9.17, 15) is 19.2 Å². The number of ether oxygens (including phenoxy) is 1. The maximum atomic E-state index is 15.2. The highest BCUT2D eigenvalue weighted by Gasteiger charge is 2.31. The molecule has 0 unspecified atom stereocenters. The van der Waals surface area contributed by atoms with Gasteiger partial charge in [-0.25, -0.2) is 9.18 Å². The van der Waals surface area contributed by atoms with Gasteiger partial charge in [0.15, 0.2) is 0 Å². The monoisotopic (exact) mass is 500 g/mol. The number of methoxy groups -OCH3 is 1. The van der Waals surface area contributed by atoms with Gasteiger partial charge in [-0.1, -0.05) is 37.8 Å². The Morgan fingerprint density at radius 3 is 2.40 bits per heavy atom. The molecule has 186 valence electrons. The van der Waals surface area contributed by atoms with Crippen molar-refractivity contribution in [2.24, 2.45) is 0 Å². The summed E-state index contributed by atoms with van der Waals surface area (Å²) in [4.78, 5) is 49.4. The van der Waals surface area contributed by atoms with Gasteiger partial charge in [0.2, 0.25) is 11.8 Å². The zero-order chi connectivity index (χ0) is 25.9. The number of imide groups is 1. The molecule has 3 rings (SSSR count). The van der Waals surface area contributed by atoms with Crippen molar-refractivity contribution in [3.8, 4) is 11.1 Å². The summed E-state index contributed by atoms with van der Waals surface area (Å²) in [6.45, 7) is 6.90. The van der Waals surface area contributed by atoms with Gasteiger partial charge in [0.1, 0.15) is 12.4 Å². The SMILES string of the molecule is COCc1ccc(NC(C)=O)c(-c2ccc([Si](C)(C)C)c(F)c2)c1NC(=O)CN1C(=O)CNC1=O. The summed E-state index contributed by atoms with van der Waals surface area (Å²) in [5.74, 6) is -1.86. The number of halogens is 1. The summed E-state index contributed by atoms with van der Waals surface area (Å²) < 4.78 is 20.5. The van der Waals surface area contributed by atoms with Crippen molar-refractivity contribution in [3.05, 3.63) is 41.7 Å². The highest BCUT2D eigenvalue weighted by atomic mass is 28.3. The molecule has 0 radical (unpaired) electrons. The van der Waals surface area contributed by atoms with Crippen molar-refractivity contribution in [1.82, 2.24) is 10.2 Å². The maximum Gasteiger partial charge on any atom is 0.325 e.